The summed E-state index contributed by atoms with van der Waals surface area (Å²) < 4.78 is 14.6. The molecule has 0 aliphatic heterocycles. The molecule has 1 nitrogen and oxygen atoms in total. The van der Waals surface area contributed by atoms with Gasteiger partial charge in [0.05, 0.1) is 10.1 Å². The lowest BCUT2D eigenvalue weighted by Gasteiger charge is -2.45. The normalized spacial score (nSPS) is 31.3. The van der Waals surface area contributed by atoms with Crippen molar-refractivity contribution in [2.24, 2.45) is 11.3 Å². The van der Waals surface area contributed by atoms with Gasteiger partial charge in [-0.15, -0.1) is 0 Å². The molecule has 0 saturated heterocycles. The first-order valence-electron chi connectivity index (χ1n) is 6.43. The highest BCUT2D eigenvalue weighted by Crippen LogP contribution is 2.49. The zero-order valence-electron chi connectivity index (χ0n) is 11.1. The average Bonchev–Trinajstić information content (AvgIpc) is 2.28. The Bertz CT molecular complexity index is 458. The Hall–Kier alpha value is -0.410. The summed E-state index contributed by atoms with van der Waals surface area (Å²) in [6, 6.07) is 5.15. The third-order valence-corrected chi connectivity index (χ3v) is 4.89. The van der Waals surface area contributed by atoms with E-state index in [1.807, 2.05) is 6.92 Å². The van der Waals surface area contributed by atoms with Gasteiger partial charge in [-0.1, -0.05) is 32.9 Å². The van der Waals surface area contributed by atoms with Crippen molar-refractivity contribution >= 4 is 15.9 Å². The lowest BCUT2D eigenvalue weighted by Crippen LogP contribution is -2.42. The Labute approximate surface area is 117 Å². The van der Waals surface area contributed by atoms with Crippen LogP contribution >= 0.6 is 15.9 Å². The predicted molar refractivity (Wildman–Crippen MR) is 74.8 cm³/mol. The van der Waals surface area contributed by atoms with Gasteiger partial charge < -0.3 is 5.11 Å². The van der Waals surface area contributed by atoms with Crippen LogP contribution in [0.4, 0.5) is 4.39 Å². The smallest absolute Gasteiger partial charge is 0.143 e. The molecular weight excluding hydrogens is 295 g/mol. The van der Waals surface area contributed by atoms with E-state index in [1.54, 1.807) is 18.2 Å². The summed E-state index contributed by atoms with van der Waals surface area (Å²) >= 11 is 3.19. The second kappa shape index (κ2) is 4.61. The maximum Gasteiger partial charge on any atom is 0.143 e. The van der Waals surface area contributed by atoms with Crippen LogP contribution in [0.15, 0.2) is 22.7 Å². The van der Waals surface area contributed by atoms with Crippen LogP contribution in [0.2, 0.25) is 0 Å². The highest BCUT2D eigenvalue weighted by atomic mass is 79.9. The molecule has 3 heteroatoms. The summed E-state index contributed by atoms with van der Waals surface area (Å²) in [6.07, 6.45) is 2.45. The van der Waals surface area contributed by atoms with Crippen molar-refractivity contribution in [1.82, 2.24) is 0 Å². The van der Waals surface area contributed by atoms with E-state index in [0.717, 1.165) is 12.8 Å². The maximum absolute atomic E-state index is 14.2. The van der Waals surface area contributed by atoms with Gasteiger partial charge in [0, 0.05) is 5.56 Å². The van der Waals surface area contributed by atoms with Gasteiger partial charge in [0.15, 0.2) is 0 Å². The first kappa shape index (κ1) is 14.0. The number of halogens is 2. The molecular formula is C15H20BrFO. The van der Waals surface area contributed by atoms with Gasteiger partial charge in [0.2, 0.25) is 0 Å². The van der Waals surface area contributed by atoms with Crippen molar-refractivity contribution in [2.45, 2.75) is 45.6 Å². The largest absolute Gasteiger partial charge is 0.385 e. The lowest BCUT2D eigenvalue weighted by molar-refractivity contribution is -0.0792. The minimum absolute atomic E-state index is 0.0602. The summed E-state index contributed by atoms with van der Waals surface area (Å²) in [5, 5.41) is 10.9. The van der Waals surface area contributed by atoms with E-state index in [1.165, 1.54) is 0 Å². The molecule has 0 aromatic heterocycles. The van der Waals surface area contributed by atoms with E-state index in [9.17, 15) is 9.50 Å². The van der Waals surface area contributed by atoms with Crippen LogP contribution in [0.5, 0.6) is 0 Å². The first-order valence-corrected chi connectivity index (χ1v) is 7.22. The van der Waals surface area contributed by atoms with Crippen LogP contribution in [-0.4, -0.2) is 5.11 Å². The van der Waals surface area contributed by atoms with Crippen LogP contribution in [0.25, 0.3) is 0 Å². The van der Waals surface area contributed by atoms with Crippen LogP contribution in [0.1, 0.15) is 45.6 Å². The minimum Gasteiger partial charge on any atom is -0.385 e. The number of aliphatic hydroxyl groups is 1. The molecule has 1 aliphatic rings. The molecule has 1 aromatic rings. The fourth-order valence-electron chi connectivity index (χ4n) is 3.11. The number of hydrogen-bond acceptors (Lipinski definition) is 1. The van der Waals surface area contributed by atoms with E-state index in [2.05, 4.69) is 29.8 Å². The monoisotopic (exact) mass is 314 g/mol. The maximum atomic E-state index is 14.2. The molecule has 1 aromatic carbocycles. The highest BCUT2D eigenvalue weighted by Gasteiger charge is 2.45. The number of benzene rings is 1. The Balaban J connectivity index is 2.40. The molecule has 100 valence electrons. The molecule has 1 aliphatic carbocycles. The summed E-state index contributed by atoms with van der Waals surface area (Å²) in [5.41, 5.74) is -0.378. The third kappa shape index (κ3) is 2.35. The Morgan fingerprint density at radius 1 is 1.33 bits per heavy atom. The molecule has 0 bridgehead atoms. The third-order valence-electron chi connectivity index (χ3n) is 4.27. The fourth-order valence-corrected chi connectivity index (χ4v) is 3.48. The van der Waals surface area contributed by atoms with Crippen molar-refractivity contribution < 1.29 is 9.50 Å². The Kier molecular flexibility index (Phi) is 3.58. The van der Waals surface area contributed by atoms with Crippen LogP contribution in [0, 0.1) is 17.2 Å². The molecule has 2 rings (SSSR count). The molecule has 18 heavy (non-hydrogen) atoms. The molecule has 0 amide bonds. The molecule has 0 heterocycles. The molecule has 2 atom stereocenters. The van der Waals surface area contributed by atoms with Gasteiger partial charge in [-0.2, -0.15) is 0 Å². The number of hydrogen-bond donors (Lipinski definition) is 1. The SMILES string of the molecule is CC1CC(C)(C)CCC1(O)c1cccc(Br)c1F. The van der Waals surface area contributed by atoms with Crippen molar-refractivity contribution in [1.29, 1.82) is 0 Å². The van der Waals surface area contributed by atoms with Crippen LogP contribution in [-0.2, 0) is 5.60 Å². The molecule has 1 N–H and O–H groups in total. The van der Waals surface area contributed by atoms with E-state index in [0.29, 0.717) is 16.5 Å². The molecule has 0 spiro atoms. The molecule has 1 saturated carbocycles. The molecule has 0 radical (unpaired) electrons. The van der Waals surface area contributed by atoms with Gasteiger partial charge >= 0.3 is 0 Å². The summed E-state index contributed by atoms with van der Waals surface area (Å²) in [4.78, 5) is 0. The summed E-state index contributed by atoms with van der Waals surface area (Å²) in [6.45, 7) is 6.43. The zero-order chi connectivity index (χ0) is 13.6. The van der Waals surface area contributed by atoms with Gasteiger partial charge in [0.25, 0.3) is 0 Å². The van der Waals surface area contributed by atoms with E-state index in [4.69, 9.17) is 0 Å². The van der Waals surface area contributed by atoms with Gasteiger partial charge in [0.1, 0.15) is 5.82 Å². The summed E-state index contributed by atoms with van der Waals surface area (Å²) in [5.74, 6) is -0.267. The van der Waals surface area contributed by atoms with Gasteiger partial charge in [-0.05, 0) is 52.6 Å². The Morgan fingerprint density at radius 2 is 2.00 bits per heavy atom. The van der Waals surface area contributed by atoms with Crippen molar-refractivity contribution in [2.75, 3.05) is 0 Å². The number of rotatable bonds is 1. The highest BCUT2D eigenvalue weighted by molar-refractivity contribution is 9.10. The van der Waals surface area contributed by atoms with Crippen molar-refractivity contribution in [3.05, 3.63) is 34.1 Å². The fraction of sp³-hybridized carbons (Fsp3) is 0.600. The Morgan fingerprint density at radius 3 is 2.61 bits per heavy atom. The zero-order valence-corrected chi connectivity index (χ0v) is 12.7. The standard InChI is InChI=1S/C15H20BrFO/c1-10-9-14(2,3)7-8-15(10,18)11-5-4-6-12(16)13(11)17/h4-6,10,18H,7-9H2,1-3H3. The topological polar surface area (TPSA) is 20.2 Å². The van der Waals surface area contributed by atoms with E-state index < -0.39 is 5.60 Å². The van der Waals surface area contributed by atoms with Crippen LogP contribution in [0.3, 0.4) is 0 Å². The average molecular weight is 315 g/mol. The second-order valence-electron chi connectivity index (χ2n) is 6.30. The van der Waals surface area contributed by atoms with E-state index >= 15 is 0 Å². The van der Waals surface area contributed by atoms with Crippen molar-refractivity contribution in [3.8, 4) is 0 Å². The quantitative estimate of drug-likeness (QED) is 0.801. The predicted octanol–water partition coefficient (Wildman–Crippen LogP) is 4.62. The summed E-state index contributed by atoms with van der Waals surface area (Å²) in [7, 11) is 0. The minimum atomic E-state index is -1.04. The van der Waals surface area contributed by atoms with Gasteiger partial charge in [-0.25, -0.2) is 4.39 Å². The van der Waals surface area contributed by atoms with Crippen molar-refractivity contribution in [3.63, 3.8) is 0 Å². The second-order valence-corrected chi connectivity index (χ2v) is 7.15. The lowest BCUT2D eigenvalue weighted by atomic mass is 9.63. The molecule has 2 unspecified atom stereocenters. The first-order chi connectivity index (χ1) is 8.26. The molecule has 1 fully saturated rings. The van der Waals surface area contributed by atoms with Gasteiger partial charge in [-0.3, -0.25) is 0 Å². The van der Waals surface area contributed by atoms with E-state index in [-0.39, 0.29) is 17.2 Å². The van der Waals surface area contributed by atoms with Crippen LogP contribution < -0.4 is 0 Å².